The molecule has 4 atom stereocenters. The number of ether oxygens (including phenoxy) is 1. The molecule has 0 saturated heterocycles. The normalized spacial score (nSPS) is 20.4. The second kappa shape index (κ2) is 18.6. The number of hydrogen-bond acceptors (Lipinski definition) is 1. The largest absolute Gasteiger partial charge is 0.381 e. The molecule has 2 aliphatic rings. The molecule has 4 rings (SSSR count). The Bertz CT molecular complexity index is 1020. The molecule has 0 amide bonds. The number of allylic oxidation sites excluding steroid dienone is 2. The SMILES string of the molecule is CCCC(CC)Cc1ccc(C2CC=C(CCOCCC3=CCC(c4ccc(CC(CC)CCC)cc4)CC3)CC2)cc1. The van der Waals surface area contributed by atoms with Crippen LogP contribution in [0.25, 0.3) is 0 Å². The maximum atomic E-state index is 6.12. The highest BCUT2D eigenvalue weighted by molar-refractivity contribution is 5.29. The van der Waals surface area contributed by atoms with Crippen molar-refractivity contribution in [3.8, 4) is 0 Å². The third-order valence-corrected chi connectivity index (χ3v) is 10.6. The third-order valence-electron chi connectivity index (χ3n) is 10.6. The van der Waals surface area contributed by atoms with Gasteiger partial charge >= 0.3 is 0 Å². The van der Waals surface area contributed by atoms with E-state index in [1.54, 1.807) is 11.1 Å². The molecule has 1 heteroatoms. The van der Waals surface area contributed by atoms with Gasteiger partial charge in [-0.1, -0.05) is 138 Å². The molecule has 0 saturated carbocycles. The second-order valence-electron chi connectivity index (χ2n) is 13.8. The van der Waals surface area contributed by atoms with Gasteiger partial charge < -0.3 is 4.74 Å². The van der Waals surface area contributed by atoms with Crippen molar-refractivity contribution in [3.05, 3.63) is 94.1 Å². The topological polar surface area (TPSA) is 9.23 Å². The highest BCUT2D eigenvalue weighted by Gasteiger charge is 2.18. The van der Waals surface area contributed by atoms with Crippen LogP contribution in [0.3, 0.4) is 0 Å². The Balaban J connectivity index is 1.10. The van der Waals surface area contributed by atoms with Gasteiger partial charge in [-0.3, -0.25) is 0 Å². The Kier molecular flexibility index (Phi) is 14.6. The van der Waals surface area contributed by atoms with Crippen LogP contribution in [0, 0.1) is 11.8 Å². The molecule has 43 heavy (non-hydrogen) atoms. The van der Waals surface area contributed by atoms with Crippen LogP contribution in [0.15, 0.2) is 71.8 Å². The van der Waals surface area contributed by atoms with E-state index in [1.165, 1.54) is 112 Å². The fourth-order valence-corrected chi connectivity index (χ4v) is 7.58. The predicted octanol–water partition coefficient (Wildman–Crippen LogP) is 12.3. The van der Waals surface area contributed by atoms with Gasteiger partial charge in [0.2, 0.25) is 0 Å². The lowest BCUT2D eigenvalue weighted by atomic mass is 9.83. The van der Waals surface area contributed by atoms with Crippen molar-refractivity contribution in [3.63, 3.8) is 0 Å². The van der Waals surface area contributed by atoms with E-state index in [2.05, 4.69) is 88.4 Å². The summed E-state index contributed by atoms with van der Waals surface area (Å²) >= 11 is 0. The summed E-state index contributed by atoms with van der Waals surface area (Å²) in [6.07, 6.45) is 25.0. The van der Waals surface area contributed by atoms with E-state index in [0.29, 0.717) is 11.8 Å². The van der Waals surface area contributed by atoms with Crippen molar-refractivity contribution in [2.75, 3.05) is 13.2 Å². The lowest BCUT2D eigenvalue weighted by Gasteiger charge is -2.23. The molecule has 4 unspecified atom stereocenters. The average molecular weight is 583 g/mol. The van der Waals surface area contributed by atoms with Gasteiger partial charge in [0.1, 0.15) is 0 Å². The minimum absolute atomic E-state index is 0.690. The summed E-state index contributed by atoms with van der Waals surface area (Å²) in [7, 11) is 0. The van der Waals surface area contributed by atoms with Crippen LogP contribution >= 0.6 is 0 Å². The Morgan fingerprint density at radius 2 is 1.02 bits per heavy atom. The maximum Gasteiger partial charge on any atom is 0.0503 e. The zero-order valence-electron chi connectivity index (χ0n) is 28.2. The van der Waals surface area contributed by atoms with Crippen molar-refractivity contribution >= 4 is 0 Å². The van der Waals surface area contributed by atoms with Crippen LogP contribution in [-0.2, 0) is 17.6 Å². The Morgan fingerprint density at radius 3 is 1.35 bits per heavy atom. The van der Waals surface area contributed by atoms with Crippen LogP contribution in [0.2, 0.25) is 0 Å². The molecule has 2 aromatic carbocycles. The molecule has 0 aromatic heterocycles. The van der Waals surface area contributed by atoms with E-state index < -0.39 is 0 Å². The molecule has 0 radical (unpaired) electrons. The van der Waals surface area contributed by atoms with E-state index in [9.17, 15) is 0 Å². The number of hydrogen-bond donors (Lipinski definition) is 0. The summed E-state index contributed by atoms with van der Waals surface area (Å²) in [6.45, 7) is 11.0. The lowest BCUT2D eigenvalue weighted by molar-refractivity contribution is 0.138. The Hall–Kier alpha value is -2.12. The van der Waals surface area contributed by atoms with E-state index >= 15 is 0 Å². The molecule has 2 aliphatic carbocycles. The van der Waals surface area contributed by atoms with Gasteiger partial charge in [0, 0.05) is 0 Å². The summed E-state index contributed by atoms with van der Waals surface area (Å²) in [6, 6.07) is 19.2. The van der Waals surface area contributed by atoms with Crippen molar-refractivity contribution in [1.82, 2.24) is 0 Å². The molecule has 1 nitrogen and oxygen atoms in total. The van der Waals surface area contributed by atoms with Crippen LogP contribution < -0.4 is 0 Å². The second-order valence-corrected chi connectivity index (χ2v) is 13.8. The summed E-state index contributed by atoms with van der Waals surface area (Å²) in [5, 5.41) is 0. The van der Waals surface area contributed by atoms with Gasteiger partial charge in [0.25, 0.3) is 0 Å². The molecule has 0 aliphatic heterocycles. The van der Waals surface area contributed by atoms with Gasteiger partial charge in [-0.2, -0.15) is 0 Å². The zero-order chi connectivity index (χ0) is 30.3. The van der Waals surface area contributed by atoms with Crippen LogP contribution in [0.1, 0.15) is 152 Å². The standard InChI is InChI=1S/C42H62O/c1-5-9-33(7-3)31-37-15-23-41(24-16-37)39-19-11-35(12-20-39)27-29-43-30-28-36-13-21-40(22-14-36)42-25-17-38(18-26-42)32-34(8-4)10-6-2/h11,13,15-18,23-26,33-34,39-40H,5-10,12,14,19-22,27-32H2,1-4H3. The van der Waals surface area contributed by atoms with Gasteiger partial charge in [-0.05, 0) is 110 Å². The van der Waals surface area contributed by atoms with E-state index in [1.807, 2.05) is 0 Å². The first-order valence-corrected chi connectivity index (χ1v) is 18.2. The zero-order valence-corrected chi connectivity index (χ0v) is 28.2. The fraction of sp³-hybridized carbons (Fsp3) is 0.619. The van der Waals surface area contributed by atoms with Gasteiger partial charge in [-0.15, -0.1) is 0 Å². The molecule has 236 valence electrons. The first kappa shape index (κ1) is 33.8. The van der Waals surface area contributed by atoms with Crippen molar-refractivity contribution < 1.29 is 4.74 Å². The van der Waals surface area contributed by atoms with Crippen LogP contribution in [-0.4, -0.2) is 13.2 Å². The quantitative estimate of drug-likeness (QED) is 0.125. The van der Waals surface area contributed by atoms with Crippen molar-refractivity contribution in [2.24, 2.45) is 11.8 Å². The third kappa shape index (κ3) is 11.1. The highest BCUT2D eigenvalue weighted by atomic mass is 16.5. The first-order valence-electron chi connectivity index (χ1n) is 18.2. The monoisotopic (exact) mass is 582 g/mol. The van der Waals surface area contributed by atoms with Gasteiger partial charge in [0.05, 0.1) is 13.2 Å². The molecule has 0 spiro atoms. The Labute approximate surface area is 265 Å². The van der Waals surface area contributed by atoms with Crippen LogP contribution in [0.5, 0.6) is 0 Å². The van der Waals surface area contributed by atoms with Crippen LogP contribution in [0.4, 0.5) is 0 Å². The lowest BCUT2D eigenvalue weighted by Crippen LogP contribution is -2.08. The highest BCUT2D eigenvalue weighted by Crippen LogP contribution is 2.35. The maximum absolute atomic E-state index is 6.12. The summed E-state index contributed by atoms with van der Waals surface area (Å²) in [5.41, 5.74) is 9.33. The van der Waals surface area contributed by atoms with Gasteiger partial charge in [0.15, 0.2) is 0 Å². The van der Waals surface area contributed by atoms with E-state index in [4.69, 9.17) is 4.74 Å². The average Bonchev–Trinajstić information content (AvgIpc) is 3.05. The number of rotatable bonds is 18. The molecule has 0 fully saturated rings. The predicted molar refractivity (Wildman–Crippen MR) is 187 cm³/mol. The van der Waals surface area contributed by atoms with Crippen molar-refractivity contribution in [2.45, 2.75) is 142 Å². The molecule has 2 aromatic rings. The minimum atomic E-state index is 0.690. The summed E-state index contributed by atoms with van der Waals surface area (Å²) in [4.78, 5) is 0. The first-order chi connectivity index (χ1) is 21.1. The van der Waals surface area contributed by atoms with E-state index in [-0.39, 0.29) is 0 Å². The Morgan fingerprint density at radius 1 is 0.605 bits per heavy atom. The smallest absolute Gasteiger partial charge is 0.0503 e. The van der Waals surface area contributed by atoms with Crippen molar-refractivity contribution in [1.29, 1.82) is 0 Å². The number of benzene rings is 2. The molecular formula is C42H62O. The van der Waals surface area contributed by atoms with Gasteiger partial charge in [-0.25, -0.2) is 0 Å². The fourth-order valence-electron chi connectivity index (χ4n) is 7.58. The van der Waals surface area contributed by atoms with E-state index in [0.717, 1.165) is 37.9 Å². The molecule has 0 heterocycles. The summed E-state index contributed by atoms with van der Waals surface area (Å²) in [5.74, 6) is 3.06. The molecule has 0 bridgehead atoms. The molecule has 0 N–H and O–H groups in total. The molecular weight excluding hydrogens is 520 g/mol. The minimum Gasteiger partial charge on any atom is -0.381 e. The summed E-state index contributed by atoms with van der Waals surface area (Å²) < 4.78 is 6.12.